The molecule has 1 amide bonds. The SMILES string of the molecule is CCOc1c(/C(C)=C/C(=O)N2CCCCCC2)cc2c(-c3ccc(OC)cc3)coc2c1C. The van der Waals surface area contributed by atoms with Crippen molar-refractivity contribution in [2.45, 2.75) is 46.5 Å². The van der Waals surface area contributed by atoms with Crippen molar-refractivity contribution in [2.75, 3.05) is 26.8 Å². The van der Waals surface area contributed by atoms with Crippen LogP contribution in [0.15, 0.2) is 47.1 Å². The first-order valence-corrected chi connectivity index (χ1v) is 11.8. The highest BCUT2D eigenvalue weighted by molar-refractivity contribution is 6.01. The molecule has 0 saturated carbocycles. The monoisotopic (exact) mass is 447 g/mol. The second kappa shape index (κ2) is 10.2. The van der Waals surface area contributed by atoms with Gasteiger partial charge < -0.3 is 18.8 Å². The van der Waals surface area contributed by atoms with E-state index in [4.69, 9.17) is 13.9 Å². The van der Waals surface area contributed by atoms with Crippen LogP contribution in [0.4, 0.5) is 0 Å². The van der Waals surface area contributed by atoms with Crippen molar-refractivity contribution in [3.05, 3.63) is 53.8 Å². The van der Waals surface area contributed by atoms with Crippen LogP contribution in [-0.2, 0) is 4.79 Å². The van der Waals surface area contributed by atoms with Crippen LogP contribution in [0, 0.1) is 6.92 Å². The minimum absolute atomic E-state index is 0.0807. The van der Waals surface area contributed by atoms with Crippen molar-refractivity contribution in [1.29, 1.82) is 0 Å². The van der Waals surface area contributed by atoms with E-state index in [0.29, 0.717) is 6.61 Å². The summed E-state index contributed by atoms with van der Waals surface area (Å²) in [5, 5.41) is 1.01. The second-order valence-electron chi connectivity index (χ2n) is 8.63. The molecule has 5 heteroatoms. The lowest BCUT2D eigenvalue weighted by Gasteiger charge is -2.19. The number of aryl methyl sites for hydroxylation is 1. The fraction of sp³-hybridized carbons (Fsp3) is 0.393. The summed E-state index contributed by atoms with van der Waals surface area (Å²) in [5.41, 5.74) is 5.64. The minimum Gasteiger partial charge on any atom is -0.497 e. The third-order valence-electron chi connectivity index (χ3n) is 6.42. The lowest BCUT2D eigenvalue weighted by Crippen LogP contribution is -2.30. The normalized spacial score (nSPS) is 14.9. The second-order valence-corrected chi connectivity index (χ2v) is 8.63. The number of hydrogen-bond acceptors (Lipinski definition) is 4. The summed E-state index contributed by atoms with van der Waals surface area (Å²) in [6.07, 6.45) is 8.11. The van der Waals surface area contributed by atoms with E-state index in [9.17, 15) is 4.79 Å². The standard InChI is InChI=1S/C28H33NO4/c1-5-32-27-20(3)28-24(25(18-33-28)21-10-12-22(31-4)13-11-21)17-23(27)19(2)16-26(30)29-14-8-6-7-9-15-29/h10-13,16-18H,5-9,14-15H2,1-4H3/b19-16+. The number of carbonyl (C=O) groups excluding carboxylic acids is 1. The molecule has 0 atom stereocenters. The average molecular weight is 448 g/mol. The molecule has 4 rings (SSSR count). The Kier molecular flexibility index (Phi) is 7.07. The van der Waals surface area contributed by atoms with Gasteiger partial charge in [0.2, 0.25) is 5.91 Å². The molecule has 1 aliphatic rings. The van der Waals surface area contributed by atoms with Crippen LogP contribution >= 0.6 is 0 Å². The smallest absolute Gasteiger partial charge is 0.246 e. The highest BCUT2D eigenvalue weighted by atomic mass is 16.5. The number of likely N-dealkylation sites (tertiary alicyclic amines) is 1. The Morgan fingerprint density at radius 1 is 1.12 bits per heavy atom. The molecule has 1 aromatic heterocycles. The molecule has 1 fully saturated rings. The molecule has 1 saturated heterocycles. The Balaban J connectivity index is 1.78. The Hall–Kier alpha value is -3.21. The maximum absolute atomic E-state index is 13.0. The van der Waals surface area contributed by atoms with E-state index < -0.39 is 0 Å². The number of ether oxygens (including phenoxy) is 2. The largest absolute Gasteiger partial charge is 0.497 e. The molecule has 0 N–H and O–H groups in total. The molecule has 2 aromatic carbocycles. The number of methoxy groups -OCH3 is 1. The molecule has 0 bridgehead atoms. The minimum atomic E-state index is 0.0807. The number of hydrogen-bond donors (Lipinski definition) is 0. The maximum atomic E-state index is 13.0. The van der Waals surface area contributed by atoms with Crippen LogP contribution in [-0.4, -0.2) is 37.6 Å². The molecular weight excluding hydrogens is 414 g/mol. The lowest BCUT2D eigenvalue weighted by molar-refractivity contribution is -0.125. The maximum Gasteiger partial charge on any atom is 0.246 e. The van der Waals surface area contributed by atoms with Crippen LogP contribution in [0.25, 0.3) is 27.7 Å². The van der Waals surface area contributed by atoms with Gasteiger partial charge in [-0.2, -0.15) is 0 Å². The summed E-state index contributed by atoms with van der Waals surface area (Å²) < 4.78 is 17.3. The molecule has 0 radical (unpaired) electrons. The van der Waals surface area contributed by atoms with E-state index in [-0.39, 0.29) is 5.91 Å². The Bertz CT molecular complexity index is 1150. The Morgan fingerprint density at radius 2 is 1.82 bits per heavy atom. The van der Waals surface area contributed by atoms with Crippen molar-refractivity contribution in [2.24, 2.45) is 0 Å². The Labute approximate surface area is 196 Å². The zero-order chi connectivity index (χ0) is 23.4. The lowest BCUT2D eigenvalue weighted by atomic mass is 9.96. The van der Waals surface area contributed by atoms with Crippen LogP contribution < -0.4 is 9.47 Å². The van der Waals surface area contributed by atoms with E-state index in [0.717, 1.165) is 76.2 Å². The van der Waals surface area contributed by atoms with Crippen LogP contribution in [0.1, 0.15) is 50.7 Å². The zero-order valence-corrected chi connectivity index (χ0v) is 20.1. The van der Waals surface area contributed by atoms with Crippen LogP contribution in [0.3, 0.4) is 0 Å². The molecule has 0 spiro atoms. The molecule has 2 heterocycles. The van der Waals surface area contributed by atoms with E-state index >= 15 is 0 Å². The number of rotatable bonds is 6. The molecule has 33 heavy (non-hydrogen) atoms. The number of carbonyl (C=O) groups is 1. The van der Waals surface area contributed by atoms with Gasteiger partial charge >= 0.3 is 0 Å². The fourth-order valence-electron chi connectivity index (χ4n) is 4.58. The van der Waals surface area contributed by atoms with Crippen molar-refractivity contribution >= 4 is 22.4 Å². The van der Waals surface area contributed by atoms with Crippen LogP contribution in [0.2, 0.25) is 0 Å². The third-order valence-corrected chi connectivity index (χ3v) is 6.42. The summed E-state index contributed by atoms with van der Waals surface area (Å²) >= 11 is 0. The molecule has 0 unspecified atom stereocenters. The van der Waals surface area contributed by atoms with E-state index in [1.807, 2.05) is 49.9 Å². The van der Waals surface area contributed by atoms with Gasteiger partial charge in [0.1, 0.15) is 17.1 Å². The van der Waals surface area contributed by atoms with Gasteiger partial charge in [-0.25, -0.2) is 0 Å². The quantitative estimate of drug-likeness (QED) is 0.398. The number of benzene rings is 2. The first-order valence-electron chi connectivity index (χ1n) is 11.8. The molecule has 0 aliphatic carbocycles. The first kappa shape index (κ1) is 23.0. The van der Waals surface area contributed by atoms with E-state index in [1.165, 1.54) is 12.8 Å². The topological polar surface area (TPSA) is 51.9 Å². The van der Waals surface area contributed by atoms with E-state index in [2.05, 4.69) is 6.07 Å². The van der Waals surface area contributed by atoms with Gasteiger partial charge in [-0.3, -0.25) is 4.79 Å². The molecule has 174 valence electrons. The van der Waals surface area contributed by atoms with Gasteiger partial charge in [-0.1, -0.05) is 25.0 Å². The summed E-state index contributed by atoms with van der Waals surface area (Å²) in [6.45, 7) is 8.19. The number of allylic oxidation sites excluding steroid dienone is 1. The van der Waals surface area contributed by atoms with Crippen molar-refractivity contribution < 1.29 is 18.7 Å². The fourth-order valence-corrected chi connectivity index (χ4v) is 4.58. The predicted molar refractivity (Wildman–Crippen MR) is 133 cm³/mol. The highest BCUT2D eigenvalue weighted by Crippen LogP contribution is 2.41. The van der Waals surface area contributed by atoms with Gasteiger partial charge in [0.05, 0.1) is 20.0 Å². The number of fused-ring (bicyclic) bond motifs is 1. The van der Waals surface area contributed by atoms with Gasteiger partial charge in [0, 0.05) is 41.2 Å². The zero-order valence-electron chi connectivity index (χ0n) is 20.1. The predicted octanol–water partition coefficient (Wildman–Crippen LogP) is 6.62. The number of amides is 1. The van der Waals surface area contributed by atoms with Crippen molar-refractivity contribution in [3.8, 4) is 22.6 Å². The van der Waals surface area contributed by atoms with Crippen molar-refractivity contribution in [1.82, 2.24) is 4.90 Å². The van der Waals surface area contributed by atoms with Crippen LogP contribution in [0.5, 0.6) is 11.5 Å². The van der Waals surface area contributed by atoms with Gasteiger partial charge in [-0.15, -0.1) is 0 Å². The molecular formula is C28H33NO4. The summed E-state index contributed by atoms with van der Waals surface area (Å²) in [6, 6.07) is 10.0. The molecule has 5 nitrogen and oxygen atoms in total. The third kappa shape index (κ3) is 4.77. The van der Waals surface area contributed by atoms with Gasteiger partial charge in [-0.05, 0) is 62.9 Å². The highest BCUT2D eigenvalue weighted by Gasteiger charge is 2.20. The summed E-state index contributed by atoms with van der Waals surface area (Å²) in [5.74, 6) is 1.67. The molecule has 3 aromatic rings. The summed E-state index contributed by atoms with van der Waals surface area (Å²) in [4.78, 5) is 15.0. The van der Waals surface area contributed by atoms with Gasteiger partial charge in [0.25, 0.3) is 0 Å². The number of furan rings is 1. The molecule has 1 aliphatic heterocycles. The van der Waals surface area contributed by atoms with E-state index in [1.54, 1.807) is 19.4 Å². The van der Waals surface area contributed by atoms with Crippen molar-refractivity contribution in [3.63, 3.8) is 0 Å². The average Bonchev–Trinajstić information content (AvgIpc) is 3.06. The number of nitrogens with zero attached hydrogens (tertiary/aromatic N) is 1. The van der Waals surface area contributed by atoms with Gasteiger partial charge in [0.15, 0.2) is 0 Å². The first-order chi connectivity index (χ1) is 16.0. The Morgan fingerprint density at radius 3 is 2.45 bits per heavy atom. The summed E-state index contributed by atoms with van der Waals surface area (Å²) in [7, 11) is 1.66.